The molecule has 1 atom stereocenters. The highest BCUT2D eigenvalue weighted by Gasteiger charge is 2.22. The van der Waals surface area contributed by atoms with Crippen LogP contribution in [0.2, 0.25) is 0 Å². The average Bonchev–Trinajstić information content (AvgIpc) is 2.27. The number of hydrogen-bond donors (Lipinski definition) is 2. The molecule has 0 saturated heterocycles. The fourth-order valence-electron chi connectivity index (χ4n) is 1.21. The third kappa shape index (κ3) is 6.13. The molecule has 0 radical (unpaired) electrons. The molecular formula is C10H14N4O3. The molecule has 0 rings (SSSR count). The number of rotatable bonds is 7. The third-order valence-corrected chi connectivity index (χ3v) is 2.01. The summed E-state index contributed by atoms with van der Waals surface area (Å²) >= 11 is 0. The van der Waals surface area contributed by atoms with Crippen LogP contribution >= 0.6 is 0 Å². The largest absolute Gasteiger partial charge is 0.481 e. The summed E-state index contributed by atoms with van der Waals surface area (Å²) in [5.74, 6) is -1.70. The highest BCUT2D eigenvalue weighted by molar-refractivity contribution is 5.86. The number of hydrogen-bond acceptors (Lipinski definition) is 5. The van der Waals surface area contributed by atoms with Crippen molar-refractivity contribution in [3.05, 3.63) is 0 Å². The molecular weight excluding hydrogens is 224 g/mol. The molecule has 3 N–H and O–H groups in total. The molecule has 0 aromatic rings. The molecule has 0 saturated carbocycles. The number of aliphatic carboxylic acids is 1. The second kappa shape index (κ2) is 8.08. The van der Waals surface area contributed by atoms with Crippen molar-refractivity contribution < 1.29 is 14.7 Å². The molecule has 0 spiro atoms. The maximum absolute atomic E-state index is 11.7. The summed E-state index contributed by atoms with van der Waals surface area (Å²) in [4.78, 5) is 23.4. The molecule has 17 heavy (non-hydrogen) atoms. The summed E-state index contributed by atoms with van der Waals surface area (Å²) < 4.78 is 0. The van der Waals surface area contributed by atoms with Gasteiger partial charge in [-0.15, -0.1) is 0 Å². The van der Waals surface area contributed by atoms with Gasteiger partial charge in [0.2, 0.25) is 5.91 Å². The van der Waals surface area contributed by atoms with E-state index in [4.69, 9.17) is 21.4 Å². The van der Waals surface area contributed by atoms with Gasteiger partial charge in [0.15, 0.2) is 0 Å². The fourth-order valence-corrected chi connectivity index (χ4v) is 1.21. The average molecular weight is 238 g/mol. The number of nitrogens with two attached hydrogens (primary N) is 1. The van der Waals surface area contributed by atoms with Crippen LogP contribution in [-0.4, -0.2) is 41.0 Å². The maximum Gasteiger partial charge on any atom is 0.305 e. The van der Waals surface area contributed by atoms with Crippen molar-refractivity contribution in [1.29, 1.82) is 10.5 Å². The Kier molecular flexibility index (Phi) is 7.07. The Bertz CT molecular complexity index is 338. The van der Waals surface area contributed by atoms with Crippen molar-refractivity contribution in [3.8, 4) is 12.1 Å². The molecule has 7 nitrogen and oxygen atoms in total. The van der Waals surface area contributed by atoms with E-state index in [0.29, 0.717) is 0 Å². The first-order valence-electron chi connectivity index (χ1n) is 5.03. The predicted molar refractivity (Wildman–Crippen MR) is 57.3 cm³/mol. The zero-order valence-electron chi connectivity index (χ0n) is 9.30. The Morgan fingerprint density at radius 2 is 1.71 bits per heavy atom. The van der Waals surface area contributed by atoms with E-state index in [1.807, 2.05) is 12.1 Å². The summed E-state index contributed by atoms with van der Waals surface area (Å²) in [6.07, 6.45) is -0.220. The van der Waals surface area contributed by atoms with E-state index >= 15 is 0 Å². The van der Waals surface area contributed by atoms with E-state index in [2.05, 4.69) is 0 Å². The van der Waals surface area contributed by atoms with Crippen LogP contribution in [0.1, 0.15) is 19.3 Å². The van der Waals surface area contributed by atoms with E-state index < -0.39 is 24.3 Å². The van der Waals surface area contributed by atoms with E-state index in [1.165, 1.54) is 4.90 Å². The summed E-state index contributed by atoms with van der Waals surface area (Å²) in [5, 5.41) is 25.4. The normalized spacial score (nSPS) is 11.0. The lowest BCUT2D eigenvalue weighted by atomic mass is 10.2. The van der Waals surface area contributed by atoms with Crippen LogP contribution in [0.4, 0.5) is 0 Å². The quantitative estimate of drug-likeness (QED) is 0.611. The highest BCUT2D eigenvalue weighted by Crippen LogP contribution is 2.00. The Balaban J connectivity index is 4.45. The molecule has 92 valence electrons. The second-order valence-corrected chi connectivity index (χ2v) is 3.35. The summed E-state index contributed by atoms with van der Waals surface area (Å²) in [5.41, 5.74) is 5.42. The number of carbonyl (C=O) groups is 2. The minimum absolute atomic E-state index is 0.122. The van der Waals surface area contributed by atoms with E-state index in [-0.39, 0.29) is 25.9 Å². The third-order valence-electron chi connectivity index (χ3n) is 2.01. The second-order valence-electron chi connectivity index (χ2n) is 3.35. The predicted octanol–water partition coefficient (Wildman–Crippen LogP) is -0.556. The van der Waals surface area contributed by atoms with Crippen LogP contribution in [0, 0.1) is 22.7 Å². The van der Waals surface area contributed by atoms with Crippen LogP contribution < -0.4 is 5.73 Å². The number of nitriles is 2. The topological polar surface area (TPSA) is 131 Å². The van der Waals surface area contributed by atoms with Crippen molar-refractivity contribution in [3.63, 3.8) is 0 Å². The highest BCUT2D eigenvalue weighted by atomic mass is 16.4. The van der Waals surface area contributed by atoms with Gasteiger partial charge in [0, 0.05) is 13.1 Å². The molecule has 7 heteroatoms. The standard InChI is InChI=1S/C10H14N4O3/c11-3-1-5-14(6-2-4-12)10(17)8(13)7-9(15)16/h8H,1-2,5-7,13H2,(H,15,16). The zero-order chi connectivity index (χ0) is 13.3. The number of carboxylic acids is 1. The van der Waals surface area contributed by atoms with Gasteiger partial charge >= 0.3 is 5.97 Å². The van der Waals surface area contributed by atoms with Crippen molar-refractivity contribution in [2.24, 2.45) is 5.73 Å². The van der Waals surface area contributed by atoms with Crippen LogP contribution in [0.5, 0.6) is 0 Å². The molecule has 0 aromatic heterocycles. The van der Waals surface area contributed by atoms with E-state index in [9.17, 15) is 9.59 Å². The van der Waals surface area contributed by atoms with Crippen LogP contribution in [0.25, 0.3) is 0 Å². The van der Waals surface area contributed by atoms with Gasteiger partial charge in [0.25, 0.3) is 0 Å². The Morgan fingerprint density at radius 3 is 2.06 bits per heavy atom. The first-order chi connectivity index (χ1) is 8.02. The van der Waals surface area contributed by atoms with E-state index in [0.717, 1.165) is 0 Å². The van der Waals surface area contributed by atoms with Crippen molar-refractivity contribution in [2.45, 2.75) is 25.3 Å². The number of nitrogens with zero attached hydrogens (tertiary/aromatic N) is 3. The van der Waals surface area contributed by atoms with Crippen molar-refractivity contribution in [1.82, 2.24) is 4.90 Å². The first kappa shape index (κ1) is 14.9. The SMILES string of the molecule is N#CCCN(CCC#N)C(=O)C(N)CC(=O)O. The van der Waals surface area contributed by atoms with Crippen molar-refractivity contribution >= 4 is 11.9 Å². The molecule has 0 bridgehead atoms. The summed E-state index contributed by atoms with van der Waals surface area (Å²) in [6, 6.07) is 2.62. The van der Waals surface area contributed by atoms with Gasteiger partial charge in [-0.05, 0) is 0 Å². The van der Waals surface area contributed by atoms with E-state index in [1.54, 1.807) is 0 Å². The van der Waals surface area contributed by atoms with Gasteiger partial charge < -0.3 is 15.7 Å². The maximum atomic E-state index is 11.7. The van der Waals surface area contributed by atoms with Gasteiger partial charge in [0.1, 0.15) is 0 Å². The molecule has 0 aromatic carbocycles. The molecule has 0 aliphatic rings. The molecule has 0 heterocycles. The van der Waals surface area contributed by atoms with Gasteiger partial charge in [0.05, 0.1) is 37.4 Å². The van der Waals surface area contributed by atoms with Crippen LogP contribution in [-0.2, 0) is 9.59 Å². The minimum atomic E-state index is -1.16. The fraction of sp³-hybridized carbons (Fsp3) is 0.600. The number of amides is 1. The monoisotopic (exact) mass is 238 g/mol. The molecule has 0 fully saturated rings. The summed E-state index contributed by atoms with van der Waals surface area (Å²) in [6.45, 7) is 0.314. The Hall–Kier alpha value is -2.12. The Morgan fingerprint density at radius 1 is 1.24 bits per heavy atom. The van der Waals surface area contributed by atoms with Gasteiger partial charge in [-0.2, -0.15) is 10.5 Å². The molecule has 1 unspecified atom stereocenters. The van der Waals surface area contributed by atoms with Gasteiger partial charge in [-0.3, -0.25) is 9.59 Å². The van der Waals surface area contributed by atoms with Crippen molar-refractivity contribution in [2.75, 3.05) is 13.1 Å². The smallest absolute Gasteiger partial charge is 0.305 e. The molecule has 1 amide bonds. The minimum Gasteiger partial charge on any atom is -0.481 e. The Labute approximate surface area is 99.0 Å². The van der Waals surface area contributed by atoms with Crippen LogP contribution in [0.15, 0.2) is 0 Å². The lowest BCUT2D eigenvalue weighted by molar-refractivity contribution is -0.142. The van der Waals surface area contributed by atoms with Crippen LogP contribution in [0.3, 0.4) is 0 Å². The first-order valence-corrected chi connectivity index (χ1v) is 5.03. The molecule has 0 aliphatic heterocycles. The van der Waals surface area contributed by atoms with Gasteiger partial charge in [-0.1, -0.05) is 0 Å². The number of carbonyl (C=O) groups excluding carboxylic acids is 1. The number of carboxylic acid groups (broad SMARTS) is 1. The lowest BCUT2D eigenvalue weighted by Gasteiger charge is -2.23. The van der Waals surface area contributed by atoms with Gasteiger partial charge in [-0.25, -0.2) is 0 Å². The molecule has 0 aliphatic carbocycles. The zero-order valence-corrected chi connectivity index (χ0v) is 9.30. The summed E-state index contributed by atoms with van der Waals surface area (Å²) in [7, 11) is 0. The lowest BCUT2D eigenvalue weighted by Crippen LogP contribution is -2.45.